The number of carbonyl (C=O) groups excluding carboxylic acids is 1. The molecule has 0 radical (unpaired) electrons. The monoisotopic (exact) mass is 270 g/mol. The van der Waals surface area contributed by atoms with Crippen LogP contribution in [0.1, 0.15) is 10.4 Å². The Morgan fingerprint density at radius 2 is 1.78 bits per heavy atom. The zero-order valence-corrected chi connectivity index (χ0v) is 9.64. The molecule has 92 valence electrons. The molecule has 2 rings (SSSR count). The van der Waals surface area contributed by atoms with Crippen molar-refractivity contribution in [2.45, 2.75) is 0 Å². The summed E-state index contributed by atoms with van der Waals surface area (Å²) in [7, 11) is 0. The maximum absolute atomic E-state index is 13.5. The van der Waals surface area contributed by atoms with Crippen molar-refractivity contribution in [2.75, 3.05) is 0 Å². The van der Waals surface area contributed by atoms with Gasteiger partial charge in [-0.3, -0.25) is 4.79 Å². The van der Waals surface area contributed by atoms with Crippen LogP contribution in [0.2, 0.25) is 0 Å². The standard InChI is InChI=1S/C13H6ClF3O/c14-13(18)8-4-7(5-9(15)6-8)10-2-1-3-11(16)12(10)17/h1-6H. The Hall–Kier alpha value is -1.81. The molecule has 2 aromatic rings. The normalized spacial score (nSPS) is 10.4. The van der Waals surface area contributed by atoms with E-state index in [1.807, 2.05) is 0 Å². The Bertz CT molecular complexity index is 626. The average Bonchev–Trinajstić information content (AvgIpc) is 2.31. The van der Waals surface area contributed by atoms with Crippen LogP contribution in [-0.2, 0) is 0 Å². The highest BCUT2D eigenvalue weighted by Crippen LogP contribution is 2.26. The first-order valence-corrected chi connectivity index (χ1v) is 5.31. The molecule has 0 atom stereocenters. The second kappa shape index (κ2) is 4.82. The lowest BCUT2D eigenvalue weighted by Crippen LogP contribution is -1.94. The molecule has 0 aromatic heterocycles. The summed E-state index contributed by atoms with van der Waals surface area (Å²) >= 11 is 5.23. The van der Waals surface area contributed by atoms with Crippen LogP contribution in [0.4, 0.5) is 13.2 Å². The van der Waals surface area contributed by atoms with Crippen LogP contribution < -0.4 is 0 Å². The number of halogens is 4. The van der Waals surface area contributed by atoms with Crippen molar-refractivity contribution in [1.82, 2.24) is 0 Å². The van der Waals surface area contributed by atoms with Crippen molar-refractivity contribution >= 4 is 16.8 Å². The van der Waals surface area contributed by atoms with Gasteiger partial charge in [0, 0.05) is 11.1 Å². The summed E-state index contributed by atoms with van der Waals surface area (Å²) in [6.45, 7) is 0. The van der Waals surface area contributed by atoms with E-state index < -0.39 is 22.7 Å². The van der Waals surface area contributed by atoms with Gasteiger partial charge in [0.25, 0.3) is 5.24 Å². The topological polar surface area (TPSA) is 17.1 Å². The molecule has 0 fully saturated rings. The van der Waals surface area contributed by atoms with Gasteiger partial charge in [-0.25, -0.2) is 13.2 Å². The lowest BCUT2D eigenvalue weighted by atomic mass is 10.0. The van der Waals surface area contributed by atoms with Crippen molar-refractivity contribution in [3.8, 4) is 11.1 Å². The number of carbonyl (C=O) groups is 1. The largest absolute Gasteiger partial charge is 0.276 e. The quantitative estimate of drug-likeness (QED) is 0.749. The molecule has 0 spiro atoms. The molecule has 0 aliphatic heterocycles. The molecule has 0 amide bonds. The predicted molar refractivity (Wildman–Crippen MR) is 61.9 cm³/mol. The van der Waals surface area contributed by atoms with E-state index in [0.29, 0.717) is 0 Å². The molecular formula is C13H6ClF3O. The van der Waals surface area contributed by atoms with Gasteiger partial charge in [-0.1, -0.05) is 12.1 Å². The van der Waals surface area contributed by atoms with Gasteiger partial charge < -0.3 is 0 Å². The van der Waals surface area contributed by atoms with E-state index in [1.54, 1.807) is 0 Å². The molecule has 0 bridgehead atoms. The summed E-state index contributed by atoms with van der Waals surface area (Å²) in [6.07, 6.45) is 0. The number of benzene rings is 2. The fraction of sp³-hybridized carbons (Fsp3) is 0. The van der Waals surface area contributed by atoms with Gasteiger partial charge in [0.1, 0.15) is 5.82 Å². The minimum absolute atomic E-state index is 0.0519. The first-order valence-electron chi connectivity index (χ1n) is 4.94. The lowest BCUT2D eigenvalue weighted by Gasteiger charge is -2.06. The van der Waals surface area contributed by atoms with Gasteiger partial charge in [0.15, 0.2) is 11.6 Å². The number of rotatable bonds is 2. The number of hydrogen-bond donors (Lipinski definition) is 0. The first kappa shape index (κ1) is 12.6. The molecule has 0 aliphatic rings. The maximum atomic E-state index is 13.5. The van der Waals surface area contributed by atoms with Crippen molar-refractivity contribution in [3.05, 3.63) is 59.4 Å². The third-order valence-corrected chi connectivity index (χ3v) is 2.61. The molecule has 0 aliphatic carbocycles. The fourth-order valence-electron chi connectivity index (χ4n) is 1.59. The van der Waals surface area contributed by atoms with E-state index in [2.05, 4.69) is 0 Å². The van der Waals surface area contributed by atoms with Crippen LogP contribution in [0.3, 0.4) is 0 Å². The van der Waals surface area contributed by atoms with E-state index >= 15 is 0 Å². The highest BCUT2D eigenvalue weighted by molar-refractivity contribution is 6.67. The lowest BCUT2D eigenvalue weighted by molar-refractivity contribution is 0.108. The molecule has 18 heavy (non-hydrogen) atoms. The van der Waals surface area contributed by atoms with E-state index in [1.165, 1.54) is 18.2 Å². The molecule has 0 unspecified atom stereocenters. The second-order valence-corrected chi connectivity index (χ2v) is 3.95. The molecule has 0 N–H and O–H groups in total. The van der Waals surface area contributed by atoms with E-state index in [9.17, 15) is 18.0 Å². The minimum atomic E-state index is -1.10. The van der Waals surface area contributed by atoms with E-state index in [4.69, 9.17) is 11.6 Å². The summed E-state index contributed by atoms with van der Waals surface area (Å²) in [5.41, 5.74) is -0.194. The van der Waals surface area contributed by atoms with Crippen molar-refractivity contribution < 1.29 is 18.0 Å². The third-order valence-electron chi connectivity index (χ3n) is 2.39. The average molecular weight is 271 g/mol. The van der Waals surface area contributed by atoms with E-state index in [-0.39, 0.29) is 16.7 Å². The minimum Gasteiger partial charge on any atom is -0.276 e. The smallest absolute Gasteiger partial charge is 0.252 e. The zero-order chi connectivity index (χ0) is 13.3. The molecular weight excluding hydrogens is 265 g/mol. The Morgan fingerprint density at radius 3 is 2.44 bits per heavy atom. The molecule has 0 heterocycles. The van der Waals surface area contributed by atoms with Gasteiger partial charge in [0.2, 0.25) is 0 Å². The van der Waals surface area contributed by atoms with Crippen LogP contribution in [0, 0.1) is 17.5 Å². The summed E-state index contributed by atoms with van der Waals surface area (Å²) in [5, 5.41) is -0.868. The Labute approximate surface area is 106 Å². The summed E-state index contributed by atoms with van der Waals surface area (Å²) in [4.78, 5) is 11.0. The highest BCUT2D eigenvalue weighted by Gasteiger charge is 2.13. The SMILES string of the molecule is O=C(Cl)c1cc(F)cc(-c2cccc(F)c2F)c1. The summed E-state index contributed by atoms with van der Waals surface area (Å²) in [6, 6.07) is 6.66. The van der Waals surface area contributed by atoms with Crippen LogP contribution in [0.5, 0.6) is 0 Å². The fourth-order valence-corrected chi connectivity index (χ4v) is 1.69. The van der Waals surface area contributed by atoms with Gasteiger partial charge in [0.05, 0.1) is 0 Å². The van der Waals surface area contributed by atoms with Gasteiger partial charge in [-0.15, -0.1) is 0 Å². The van der Waals surface area contributed by atoms with E-state index in [0.717, 1.165) is 18.2 Å². The maximum Gasteiger partial charge on any atom is 0.252 e. The Balaban J connectivity index is 2.64. The summed E-state index contributed by atoms with van der Waals surface area (Å²) < 4.78 is 39.9. The van der Waals surface area contributed by atoms with Gasteiger partial charge in [-0.2, -0.15) is 0 Å². The molecule has 0 saturated carbocycles. The Morgan fingerprint density at radius 1 is 1.06 bits per heavy atom. The molecule has 0 saturated heterocycles. The van der Waals surface area contributed by atoms with Crippen LogP contribution in [0.15, 0.2) is 36.4 Å². The van der Waals surface area contributed by atoms with Gasteiger partial charge in [-0.05, 0) is 41.4 Å². The van der Waals surface area contributed by atoms with Crippen LogP contribution in [0.25, 0.3) is 11.1 Å². The molecule has 5 heteroatoms. The molecule has 2 aromatic carbocycles. The highest BCUT2D eigenvalue weighted by atomic mass is 35.5. The van der Waals surface area contributed by atoms with Crippen molar-refractivity contribution in [2.24, 2.45) is 0 Å². The number of hydrogen-bond acceptors (Lipinski definition) is 1. The van der Waals surface area contributed by atoms with Crippen LogP contribution in [-0.4, -0.2) is 5.24 Å². The predicted octanol–water partition coefficient (Wildman–Crippen LogP) is 4.15. The summed E-state index contributed by atoms with van der Waals surface area (Å²) in [5.74, 6) is -2.90. The van der Waals surface area contributed by atoms with Crippen molar-refractivity contribution in [1.29, 1.82) is 0 Å². The van der Waals surface area contributed by atoms with Crippen molar-refractivity contribution in [3.63, 3.8) is 0 Å². The third kappa shape index (κ3) is 2.38. The zero-order valence-electron chi connectivity index (χ0n) is 8.88. The second-order valence-electron chi connectivity index (χ2n) is 3.60. The Kier molecular flexibility index (Phi) is 3.39. The molecule has 1 nitrogen and oxygen atoms in total. The van der Waals surface area contributed by atoms with Gasteiger partial charge >= 0.3 is 0 Å². The van der Waals surface area contributed by atoms with Crippen LogP contribution >= 0.6 is 11.6 Å². The first-order chi connectivity index (χ1) is 8.49.